The largest absolute Gasteiger partial charge is 0.501 e. The van der Waals surface area contributed by atoms with E-state index in [4.69, 9.17) is 4.74 Å². The van der Waals surface area contributed by atoms with Crippen molar-refractivity contribution in [3.63, 3.8) is 0 Å². The predicted molar refractivity (Wildman–Crippen MR) is 86.4 cm³/mol. The maximum atomic E-state index is 12.8. The molecule has 3 heteroatoms. The van der Waals surface area contributed by atoms with E-state index in [1.807, 2.05) is 32.0 Å². The second kappa shape index (κ2) is 6.14. The van der Waals surface area contributed by atoms with Gasteiger partial charge in [-0.2, -0.15) is 0 Å². The van der Waals surface area contributed by atoms with Gasteiger partial charge in [0.1, 0.15) is 5.76 Å². The highest BCUT2D eigenvalue weighted by molar-refractivity contribution is 6.14. The average Bonchev–Trinajstić information content (AvgIpc) is 2.53. The molecule has 1 aliphatic rings. The molecule has 114 valence electrons. The standard InChI is InChI=1S/C19H20O3/c1-5-15(20)17-14(11-12-16(22-4)19(17,2)3)18(21)13-9-7-6-8-10-13/h5-12,17H,1H2,2-4H3. The SMILES string of the molecule is C=CC(=O)C1C(C(=O)c2ccccc2)=CC=C(OC)C1(C)C. The molecule has 2 rings (SSSR count). The van der Waals surface area contributed by atoms with Gasteiger partial charge in [0.25, 0.3) is 0 Å². The lowest BCUT2D eigenvalue weighted by Crippen LogP contribution is -2.38. The minimum atomic E-state index is -0.603. The molecule has 0 bridgehead atoms. The summed E-state index contributed by atoms with van der Waals surface area (Å²) < 4.78 is 5.38. The first kappa shape index (κ1) is 16.0. The number of hydrogen-bond donors (Lipinski definition) is 0. The third kappa shape index (κ3) is 2.67. The van der Waals surface area contributed by atoms with Crippen LogP contribution in [0.1, 0.15) is 24.2 Å². The zero-order valence-corrected chi connectivity index (χ0v) is 13.1. The molecule has 0 N–H and O–H groups in total. The van der Waals surface area contributed by atoms with Crippen molar-refractivity contribution < 1.29 is 14.3 Å². The molecule has 0 saturated heterocycles. The second-order valence-electron chi connectivity index (χ2n) is 5.81. The number of benzene rings is 1. The van der Waals surface area contributed by atoms with E-state index < -0.39 is 11.3 Å². The molecule has 1 aliphatic carbocycles. The first-order valence-electron chi connectivity index (χ1n) is 7.15. The summed E-state index contributed by atoms with van der Waals surface area (Å²) in [6, 6.07) is 8.97. The first-order valence-corrected chi connectivity index (χ1v) is 7.15. The number of ketones is 2. The van der Waals surface area contributed by atoms with Crippen molar-refractivity contribution in [1.82, 2.24) is 0 Å². The molecule has 0 spiro atoms. The Morgan fingerprint density at radius 1 is 1.18 bits per heavy atom. The van der Waals surface area contributed by atoms with Crippen LogP contribution in [0.15, 0.2) is 66.5 Å². The van der Waals surface area contributed by atoms with Crippen molar-refractivity contribution in [1.29, 1.82) is 0 Å². The van der Waals surface area contributed by atoms with E-state index in [9.17, 15) is 9.59 Å². The Bertz CT molecular complexity index is 663. The van der Waals surface area contributed by atoms with E-state index in [0.29, 0.717) is 16.9 Å². The Kier molecular flexibility index (Phi) is 4.45. The fraction of sp³-hybridized carbons (Fsp3) is 0.263. The van der Waals surface area contributed by atoms with Crippen molar-refractivity contribution in [3.8, 4) is 0 Å². The molecule has 0 saturated carbocycles. The quantitative estimate of drug-likeness (QED) is 0.614. The molecule has 22 heavy (non-hydrogen) atoms. The Morgan fingerprint density at radius 2 is 1.82 bits per heavy atom. The lowest BCUT2D eigenvalue weighted by Gasteiger charge is -2.37. The summed E-state index contributed by atoms with van der Waals surface area (Å²) in [6.45, 7) is 7.38. The predicted octanol–water partition coefficient (Wildman–Crippen LogP) is 3.74. The number of carbonyl (C=O) groups is 2. The van der Waals surface area contributed by atoms with Crippen molar-refractivity contribution in [2.75, 3.05) is 7.11 Å². The summed E-state index contributed by atoms with van der Waals surface area (Å²) in [5, 5.41) is 0. The molecule has 0 aromatic heterocycles. The van der Waals surface area contributed by atoms with Crippen molar-refractivity contribution >= 4 is 11.6 Å². The highest BCUT2D eigenvalue weighted by Gasteiger charge is 2.44. The van der Waals surface area contributed by atoms with E-state index in [1.165, 1.54) is 6.08 Å². The van der Waals surface area contributed by atoms with Crippen LogP contribution in [-0.2, 0) is 9.53 Å². The summed E-state index contributed by atoms with van der Waals surface area (Å²) in [5.41, 5.74) is 0.441. The van der Waals surface area contributed by atoms with Crippen LogP contribution in [0.3, 0.4) is 0 Å². The number of Topliss-reactive ketones (excluding diaryl/α,β-unsaturated/α-hetero) is 1. The molecule has 1 atom stereocenters. The van der Waals surface area contributed by atoms with Gasteiger partial charge < -0.3 is 4.74 Å². The van der Waals surface area contributed by atoms with E-state index in [0.717, 1.165) is 0 Å². The number of carbonyl (C=O) groups excluding carboxylic acids is 2. The zero-order chi connectivity index (χ0) is 16.3. The summed E-state index contributed by atoms with van der Waals surface area (Å²) in [6.07, 6.45) is 4.73. The Labute approximate surface area is 131 Å². The van der Waals surface area contributed by atoms with Crippen LogP contribution in [0, 0.1) is 11.3 Å². The molecular formula is C19H20O3. The van der Waals surface area contributed by atoms with Crippen molar-refractivity contribution in [2.45, 2.75) is 13.8 Å². The lowest BCUT2D eigenvalue weighted by molar-refractivity contribution is -0.120. The van der Waals surface area contributed by atoms with Gasteiger partial charge in [0.05, 0.1) is 13.0 Å². The van der Waals surface area contributed by atoms with Gasteiger partial charge in [0, 0.05) is 16.6 Å². The molecule has 0 radical (unpaired) electrons. The van der Waals surface area contributed by atoms with Crippen LogP contribution >= 0.6 is 0 Å². The molecule has 0 amide bonds. The molecular weight excluding hydrogens is 276 g/mol. The fourth-order valence-electron chi connectivity index (χ4n) is 2.93. The van der Waals surface area contributed by atoms with E-state index in [2.05, 4.69) is 6.58 Å². The maximum absolute atomic E-state index is 12.8. The highest BCUT2D eigenvalue weighted by Crippen LogP contribution is 2.44. The topological polar surface area (TPSA) is 43.4 Å². The first-order chi connectivity index (χ1) is 10.4. The number of rotatable bonds is 5. The van der Waals surface area contributed by atoms with Crippen LogP contribution in [0.25, 0.3) is 0 Å². The van der Waals surface area contributed by atoms with Gasteiger partial charge in [-0.25, -0.2) is 0 Å². The highest BCUT2D eigenvalue weighted by atomic mass is 16.5. The lowest BCUT2D eigenvalue weighted by atomic mass is 9.67. The molecule has 1 aromatic rings. The Balaban J connectivity index is 2.54. The van der Waals surface area contributed by atoms with Gasteiger partial charge >= 0.3 is 0 Å². The zero-order valence-electron chi connectivity index (χ0n) is 13.1. The summed E-state index contributed by atoms with van der Waals surface area (Å²) >= 11 is 0. The third-order valence-corrected chi connectivity index (χ3v) is 4.09. The molecule has 0 aliphatic heterocycles. The second-order valence-corrected chi connectivity index (χ2v) is 5.81. The molecule has 3 nitrogen and oxygen atoms in total. The fourth-order valence-corrected chi connectivity index (χ4v) is 2.93. The van der Waals surface area contributed by atoms with Gasteiger partial charge in [-0.05, 0) is 12.2 Å². The van der Waals surface area contributed by atoms with E-state index in [-0.39, 0.29) is 11.6 Å². The van der Waals surface area contributed by atoms with Crippen molar-refractivity contribution in [2.24, 2.45) is 11.3 Å². The van der Waals surface area contributed by atoms with Crippen LogP contribution in [-0.4, -0.2) is 18.7 Å². The van der Waals surface area contributed by atoms with E-state index in [1.54, 1.807) is 31.4 Å². The Hall–Kier alpha value is -2.42. The van der Waals surface area contributed by atoms with E-state index >= 15 is 0 Å². The summed E-state index contributed by atoms with van der Waals surface area (Å²) in [5.74, 6) is -0.238. The number of methoxy groups -OCH3 is 1. The normalized spacial score (nSPS) is 19.7. The van der Waals surface area contributed by atoms with Gasteiger partial charge in [0.2, 0.25) is 0 Å². The average molecular weight is 296 g/mol. The third-order valence-electron chi connectivity index (χ3n) is 4.09. The van der Waals surface area contributed by atoms with Crippen LogP contribution in [0.2, 0.25) is 0 Å². The molecule has 1 unspecified atom stereocenters. The van der Waals surface area contributed by atoms with Crippen LogP contribution < -0.4 is 0 Å². The van der Waals surface area contributed by atoms with Crippen LogP contribution in [0.4, 0.5) is 0 Å². The Morgan fingerprint density at radius 3 is 2.36 bits per heavy atom. The van der Waals surface area contributed by atoms with Crippen molar-refractivity contribution in [3.05, 3.63) is 72.0 Å². The smallest absolute Gasteiger partial charge is 0.189 e. The number of hydrogen-bond acceptors (Lipinski definition) is 3. The number of allylic oxidation sites excluding steroid dienone is 5. The summed E-state index contributed by atoms with van der Waals surface area (Å²) in [4.78, 5) is 25.2. The van der Waals surface area contributed by atoms with Gasteiger partial charge in [-0.1, -0.05) is 56.8 Å². The maximum Gasteiger partial charge on any atom is 0.189 e. The number of ether oxygens (including phenoxy) is 1. The summed E-state index contributed by atoms with van der Waals surface area (Å²) in [7, 11) is 1.57. The van der Waals surface area contributed by atoms with Gasteiger partial charge in [0.15, 0.2) is 11.6 Å². The van der Waals surface area contributed by atoms with Gasteiger partial charge in [-0.15, -0.1) is 0 Å². The minimum absolute atomic E-state index is 0.139. The van der Waals surface area contributed by atoms with Crippen LogP contribution in [0.5, 0.6) is 0 Å². The monoisotopic (exact) mass is 296 g/mol. The molecule has 0 heterocycles. The minimum Gasteiger partial charge on any atom is -0.501 e. The molecule has 0 fully saturated rings. The molecule has 1 aromatic carbocycles. The van der Waals surface area contributed by atoms with Gasteiger partial charge in [-0.3, -0.25) is 9.59 Å².